The van der Waals surface area contributed by atoms with Crippen molar-refractivity contribution < 1.29 is 16.8 Å². The number of sulfonamides is 1. The minimum absolute atomic E-state index is 0.0158. The molecule has 0 aromatic heterocycles. The van der Waals surface area contributed by atoms with E-state index < -0.39 is 19.9 Å². The molecule has 2 rings (SSSR count). The van der Waals surface area contributed by atoms with Crippen LogP contribution in [0.25, 0.3) is 0 Å². The number of hydrogen-bond donors (Lipinski definition) is 0. The molecule has 0 bridgehead atoms. The highest BCUT2D eigenvalue weighted by Crippen LogP contribution is 2.19. The van der Waals surface area contributed by atoms with Crippen molar-refractivity contribution in [2.45, 2.75) is 17.2 Å². The van der Waals surface area contributed by atoms with Crippen molar-refractivity contribution in [1.29, 1.82) is 0 Å². The number of nitrogens with zero attached hydrogens (tertiary/aromatic N) is 1. The summed E-state index contributed by atoms with van der Waals surface area (Å²) in [5.41, 5.74) is 0.837. The van der Waals surface area contributed by atoms with E-state index in [1.54, 1.807) is 12.1 Å². The average Bonchev–Trinajstić information content (AvgIpc) is 2.60. The lowest BCUT2D eigenvalue weighted by molar-refractivity contribution is 0.434. The van der Waals surface area contributed by atoms with Crippen molar-refractivity contribution in [3.63, 3.8) is 0 Å². The predicted octanol–water partition coefficient (Wildman–Crippen LogP) is 1.23. The first kappa shape index (κ1) is 15.8. The largest absolute Gasteiger partial charge is 0.243 e. The fourth-order valence-electron chi connectivity index (χ4n) is 2.06. The lowest BCUT2D eigenvalue weighted by atomic mass is 10.2. The Morgan fingerprint density at radius 1 is 1.10 bits per heavy atom. The Bertz CT molecular complexity index is 668. The Kier molecular flexibility index (Phi) is 4.73. The Balaban J connectivity index is 2.25. The zero-order chi connectivity index (χ0) is 14.8. The second-order valence-corrected chi connectivity index (χ2v) is 9.20. The number of sulfone groups is 1. The first-order chi connectivity index (χ1) is 9.35. The van der Waals surface area contributed by atoms with Gasteiger partial charge in [0.1, 0.15) is 0 Å². The molecule has 0 atom stereocenters. The molecule has 0 saturated carbocycles. The molecule has 8 heteroatoms. The van der Waals surface area contributed by atoms with Gasteiger partial charge in [-0.3, -0.25) is 0 Å². The molecular formula is C12H16ClNO4S2. The summed E-state index contributed by atoms with van der Waals surface area (Å²) >= 11 is 5.67. The molecule has 0 unspecified atom stereocenters. The summed E-state index contributed by atoms with van der Waals surface area (Å²) < 4.78 is 49.2. The van der Waals surface area contributed by atoms with Crippen molar-refractivity contribution in [2.75, 3.05) is 24.6 Å². The lowest BCUT2D eigenvalue weighted by Crippen LogP contribution is -2.33. The van der Waals surface area contributed by atoms with E-state index in [1.807, 2.05) is 0 Å². The van der Waals surface area contributed by atoms with Gasteiger partial charge < -0.3 is 0 Å². The number of hydrogen-bond acceptors (Lipinski definition) is 4. The maximum absolute atomic E-state index is 12.4. The van der Waals surface area contributed by atoms with Crippen molar-refractivity contribution in [2.24, 2.45) is 0 Å². The lowest BCUT2D eigenvalue weighted by Gasteiger charge is -2.19. The fraction of sp³-hybridized carbons (Fsp3) is 0.500. The summed E-state index contributed by atoms with van der Waals surface area (Å²) in [6.07, 6.45) is 0.335. The molecule has 0 amide bonds. The molecule has 1 aromatic carbocycles. The van der Waals surface area contributed by atoms with E-state index >= 15 is 0 Å². The Morgan fingerprint density at radius 2 is 1.75 bits per heavy atom. The standard InChI is InChI=1S/C12H16ClNO4S2/c13-10-11-2-4-12(5-3-11)20(17,18)14-6-1-8-19(15,16)9-7-14/h2-5H,1,6-10H2. The topological polar surface area (TPSA) is 71.5 Å². The number of alkyl halides is 1. The van der Waals surface area contributed by atoms with Crippen molar-refractivity contribution in [1.82, 2.24) is 4.31 Å². The van der Waals surface area contributed by atoms with Crippen LogP contribution in [0.2, 0.25) is 0 Å². The van der Waals surface area contributed by atoms with Gasteiger partial charge in [-0.2, -0.15) is 4.31 Å². The van der Waals surface area contributed by atoms with E-state index in [9.17, 15) is 16.8 Å². The van der Waals surface area contributed by atoms with Gasteiger partial charge >= 0.3 is 0 Å². The molecule has 1 aromatic rings. The molecule has 0 N–H and O–H groups in total. The average molecular weight is 338 g/mol. The summed E-state index contributed by atoms with van der Waals surface area (Å²) in [5.74, 6) is 0.248. The molecule has 20 heavy (non-hydrogen) atoms. The third-order valence-corrected chi connectivity index (χ3v) is 7.17. The minimum atomic E-state index is -3.63. The summed E-state index contributed by atoms with van der Waals surface area (Å²) in [6.45, 7) is 0.251. The molecule has 1 aliphatic rings. The van der Waals surface area contributed by atoms with Crippen LogP contribution in [0.4, 0.5) is 0 Å². The van der Waals surface area contributed by atoms with E-state index in [0.717, 1.165) is 5.56 Å². The third kappa shape index (κ3) is 3.52. The van der Waals surface area contributed by atoms with Crippen LogP contribution in [0.1, 0.15) is 12.0 Å². The molecule has 1 saturated heterocycles. The highest BCUT2D eigenvalue weighted by Gasteiger charge is 2.28. The van der Waals surface area contributed by atoms with Gasteiger partial charge in [0.2, 0.25) is 10.0 Å². The second kappa shape index (κ2) is 6.01. The van der Waals surface area contributed by atoms with Gasteiger partial charge in [-0.15, -0.1) is 11.6 Å². The summed E-state index contributed by atoms with van der Waals surface area (Å²) in [5, 5.41) is 0. The maximum Gasteiger partial charge on any atom is 0.243 e. The van der Waals surface area contributed by atoms with Gasteiger partial charge in [0, 0.05) is 19.0 Å². The fourth-order valence-corrected chi connectivity index (χ4v) is 5.10. The van der Waals surface area contributed by atoms with Crippen LogP contribution in [-0.2, 0) is 25.7 Å². The highest BCUT2D eigenvalue weighted by atomic mass is 35.5. The predicted molar refractivity (Wildman–Crippen MR) is 78.0 cm³/mol. The van der Waals surface area contributed by atoms with E-state index in [-0.39, 0.29) is 29.5 Å². The zero-order valence-corrected chi connectivity index (χ0v) is 13.2. The summed E-state index contributed by atoms with van der Waals surface area (Å²) in [7, 11) is -6.76. The molecule has 1 aliphatic heterocycles. The van der Waals surface area contributed by atoms with E-state index in [1.165, 1.54) is 16.4 Å². The first-order valence-corrected chi connectivity index (χ1v) is 10.0. The summed E-state index contributed by atoms with van der Waals surface area (Å²) in [4.78, 5) is 0.172. The number of rotatable bonds is 3. The third-order valence-electron chi connectivity index (χ3n) is 3.23. The van der Waals surface area contributed by atoms with Gasteiger partial charge in [0.05, 0.1) is 16.4 Å². The van der Waals surface area contributed by atoms with Crippen LogP contribution in [0.15, 0.2) is 29.2 Å². The summed E-state index contributed by atoms with van der Waals surface area (Å²) in [6, 6.07) is 6.34. The van der Waals surface area contributed by atoms with Crippen molar-refractivity contribution in [3.05, 3.63) is 29.8 Å². The van der Waals surface area contributed by atoms with Gasteiger partial charge in [0.25, 0.3) is 0 Å². The van der Waals surface area contributed by atoms with E-state index in [4.69, 9.17) is 11.6 Å². The maximum atomic E-state index is 12.4. The second-order valence-electron chi connectivity index (χ2n) is 4.69. The molecule has 0 radical (unpaired) electrons. The van der Waals surface area contributed by atoms with Crippen LogP contribution in [-0.4, -0.2) is 45.7 Å². The SMILES string of the molecule is O=S1(=O)CCCN(S(=O)(=O)c2ccc(CCl)cc2)CC1. The van der Waals surface area contributed by atoms with Gasteiger partial charge in [-0.25, -0.2) is 16.8 Å². The monoisotopic (exact) mass is 337 g/mol. The highest BCUT2D eigenvalue weighted by molar-refractivity contribution is 7.91. The van der Waals surface area contributed by atoms with Gasteiger partial charge in [-0.1, -0.05) is 12.1 Å². The smallest absolute Gasteiger partial charge is 0.229 e. The normalized spacial score (nSPS) is 20.4. The van der Waals surface area contributed by atoms with Crippen LogP contribution in [0, 0.1) is 0 Å². The Hall–Kier alpha value is -0.630. The molecule has 5 nitrogen and oxygen atoms in total. The van der Waals surface area contributed by atoms with Gasteiger partial charge in [0.15, 0.2) is 9.84 Å². The van der Waals surface area contributed by atoms with Crippen LogP contribution in [0.3, 0.4) is 0 Å². The Morgan fingerprint density at radius 3 is 2.35 bits per heavy atom. The molecule has 1 heterocycles. The van der Waals surface area contributed by atoms with Crippen LogP contribution >= 0.6 is 11.6 Å². The minimum Gasteiger partial charge on any atom is -0.229 e. The number of halogens is 1. The van der Waals surface area contributed by atoms with E-state index in [2.05, 4.69) is 0 Å². The molecule has 112 valence electrons. The molecule has 0 spiro atoms. The van der Waals surface area contributed by atoms with Gasteiger partial charge in [-0.05, 0) is 24.1 Å². The molecular weight excluding hydrogens is 322 g/mol. The van der Waals surface area contributed by atoms with Crippen molar-refractivity contribution >= 4 is 31.5 Å². The zero-order valence-electron chi connectivity index (χ0n) is 10.8. The van der Waals surface area contributed by atoms with Crippen LogP contribution < -0.4 is 0 Å². The number of benzene rings is 1. The van der Waals surface area contributed by atoms with Crippen LogP contribution in [0.5, 0.6) is 0 Å². The first-order valence-electron chi connectivity index (χ1n) is 6.21. The molecule has 1 fully saturated rings. The van der Waals surface area contributed by atoms with E-state index in [0.29, 0.717) is 12.3 Å². The quantitative estimate of drug-likeness (QED) is 0.778. The Labute approximate surface area is 124 Å². The van der Waals surface area contributed by atoms with Crippen molar-refractivity contribution in [3.8, 4) is 0 Å². The molecule has 0 aliphatic carbocycles.